The first-order valence-corrected chi connectivity index (χ1v) is 11.3. The third-order valence-corrected chi connectivity index (χ3v) is 5.99. The van der Waals surface area contributed by atoms with E-state index in [1.165, 1.54) is 0 Å². The number of hydrogen-bond acceptors (Lipinski definition) is 6. The maximum atomic E-state index is 13.2. The minimum Gasteiger partial charge on any atom is -0.511 e. The summed E-state index contributed by atoms with van der Waals surface area (Å²) in [5.41, 5.74) is 2.84. The van der Waals surface area contributed by atoms with E-state index in [0.717, 1.165) is 12.0 Å². The van der Waals surface area contributed by atoms with Gasteiger partial charge in [0.1, 0.15) is 11.5 Å². The van der Waals surface area contributed by atoms with E-state index in [2.05, 4.69) is 5.16 Å². The number of aliphatic imine (C=N–C) groups is 1. The van der Waals surface area contributed by atoms with E-state index in [1.54, 1.807) is 0 Å². The number of allylic oxidation sites excluding steroid dienone is 2. The smallest absolute Gasteiger partial charge is 0.168 e. The molecule has 0 aliphatic heterocycles. The van der Waals surface area contributed by atoms with Gasteiger partial charge in [0.25, 0.3) is 0 Å². The molecule has 0 amide bonds. The standard InChI is InChI=1S/C26H30N2O4/c1-26(2,3)27-19-14-17(16-8-5-4-6-9-16)15-22(31)24(19)21(30)13-12-18-25-20(29)10-7-11-23(25)32-28-18/h4-6,8-9,17,30H,7,10-15H2,1-3H3/b24-21+,27-19?. The second-order valence-electron chi connectivity index (χ2n) is 9.69. The van der Waals surface area contributed by atoms with Gasteiger partial charge in [-0.1, -0.05) is 35.5 Å². The first-order chi connectivity index (χ1) is 15.2. The molecule has 168 valence electrons. The summed E-state index contributed by atoms with van der Waals surface area (Å²) in [6, 6.07) is 9.98. The molecule has 1 atom stereocenters. The summed E-state index contributed by atoms with van der Waals surface area (Å²) in [6.45, 7) is 5.95. The van der Waals surface area contributed by atoms with Crippen LogP contribution in [0.3, 0.4) is 0 Å². The molecule has 0 spiro atoms. The largest absolute Gasteiger partial charge is 0.511 e. The molecule has 1 heterocycles. The van der Waals surface area contributed by atoms with Gasteiger partial charge in [0.2, 0.25) is 0 Å². The van der Waals surface area contributed by atoms with Crippen molar-refractivity contribution >= 4 is 17.3 Å². The number of aromatic nitrogens is 1. The van der Waals surface area contributed by atoms with Crippen LogP contribution in [0, 0.1) is 0 Å². The lowest BCUT2D eigenvalue weighted by Crippen LogP contribution is -2.29. The Hall–Kier alpha value is -3.02. The SMILES string of the molecule is CC(C)(C)N=C1CC(c2ccccc2)CC(=O)/C1=C(/O)CCc1noc2c1C(=O)CCC2. The van der Waals surface area contributed by atoms with Gasteiger partial charge in [-0.2, -0.15) is 0 Å². The number of aliphatic hydroxyl groups is 1. The van der Waals surface area contributed by atoms with E-state index in [4.69, 9.17) is 9.52 Å². The van der Waals surface area contributed by atoms with Crippen LogP contribution in [-0.2, 0) is 17.6 Å². The van der Waals surface area contributed by atoms with Gasteiger partial charge in [-0.05, 0) is 45.1 Å². The van der Waals surface area contributed by atoms with Crippen molar-refractivity contribution in [2.24, 2.45) is 4.99 Å². The molecule has 1 aromatic carbocycles. The van der Waals surface area contributed by atoms with Gasteiger partial charge in [-0.15, -0.1) is 0 Å². The van der Waals surface area contributed by atoms with Gasteiger partial charge in [0.15, 0.2) is 11.6 Å². The summed E-state index contributed by atoms with van der Waals surface area (Å²) in [5.74, 6) is 0.650. The minimum atomic E-state index is -0.378. The average molecular weight is 435 g/mol. The topological polar surface area (TPSA) is 92.8 Å². The maximum Gasteiger partial charge on any atom is 0.168 e. The van der Waals surface area contributed by atoms with E-state index < -0.39 is 0 Å². The fraction of sp³-hybridized carbons (Fsp3) is 0.462. The number of aryl methyl sites for hydroxylation is 2. The van der Waals surface area contributed by atoms with Gasteiger partial charge in [-0.3, -0.25) is 14.6 Å². The van der Waals surface area contributed by atoms with Crippen LogP contribution in [0.1, 0.15) is 86.2 Å². The first-order valence-electron chi connectivity index (χ1n) is 11.3. The number of benzene rings is 1. The molecule has 32 heavy (non-hydrogen) atoms. The zero-order chi connectivity index (χ0) is 22.9. The van der Waals surface area contributed by atoms with Crippen LogP contribution in [0.15, 0.2) is 51.2 Å². The second kappa shape index (κ2) is 8.85. The molecule has 6 heteroatoms. The molecular formula is C26H30N2O4. The number of carbonyl (C=O) groups is 2. The van der Waals surface area contributed by atoms with Gasteiger partial charge < -0.3 is 9.63 Å². The Balaban J connectivity index is 1.61. The molecule has 6 nitrogen and oxygen atoms in total. The van der Waals surface area contributed by atoms with E-state index in [9.17, 15) is 14.7 Å². The normalized spacial score (nSPS) is 22.2. The number of fused-ring (bicyclic) bond motifs is 1. The quantitative estimate of drug-likeness (QED) is 0.519. The zero-order valence-electron chi connectivity index (χ0n) is 19.0. The third-order valence-electron chi connectivity index (χ3n) is 5.99. The Kier molecular flexibility index (Phi) is 6.13. The molecule has 4 rings (SSSR count). The molecule has 2 aliphatic carbocycles. The van der Waals surface area contributed by atoms with E-state index in [0.29, 0.717) is 60.4 Å². The fourth-order valence-corrected chi connectivity index (χ4v) is 4.61. The molecule has 2 aromatic rings. The summed E-state index contributed by atoms with van der Waals surface area (Å²) in [6.07, 6.45) is 3.48. The Labute approximate surface area is 188 Å². The summed E-state index contributed by atoms with van der Waals surface area (Å²) < 4.78 is 5.35. The van der Waals surface area contributed by atoms with E-state index >= 15 is 0 Å². The fourth-order valence-electron chi connectivity index (χ4n) is 4.61. The lowest BCUT2D eigenvalue weighted by atomic mass is 9.78. The minimum absolute atomic E-state index is 0.0181. The molecule has 1 fully saturated rings. The van der Waals surface area contributed by atoms with Crippen molar-refractivity contribution in [2.75, 3.05) is 0 Å². The highest BCUT2D eigenvalue weighted by atomic mass is 16.5. The first kappa shape index (κ1) is 22.2. The van der Waals surface area contributed by atoms with Crippen molar-refractivity contribution in [3.8, 4) is 0 Å². The zero-order valence-corrected chi connectivity index (χ0v) is 19.0. The Morgan fingerprint density at radius 3 is 2.59 bits per heavy atom. The van der Waals surface area contributed by atoms with Crippen molar-refractivity contribution in [1.29, 1.82) is 0 Å². The predicted octanol–water partition coefficient (Wildman–Crippen LogP) is 5.32. The van der Waals surface area contributed by atoms with Crippen molar-refractivity contribution < 1.29 is 19.2 Å². The molecular weight excluding hydrogens is 404 g/mol. The van der Waals surface area contributed by atoms with Crippen LogP contribution >= 0.6 is 0 Å². The molecule has 1 N–H and O–H groups in total. The predicted molar refractivity (Wildman–Crippen MR) is 122 cm³/mol. The van der Waals surface area contributed by atoms with Crippen molar-refractivity contribution in [1.82, 2.24) is 5.16 Å². The van der Waals surface area contributed by atoms with Gasteiger partial charge >= 0.3 is 0 Å². The van der Waals surface area contributed by atoms with Crippen molar-refractivity contribution in [2.45, 2.75) is 77.2 Å². The average Bonchev–Trinajstić information content (AvgIpc) is 3.16. The molecule has 1 unspecified atom stereocenters. The number of ketones is 2. The van der Waals surface area contributed by atoms with Crippen LogP contribution in [0.2, 0.25) is 0 Å². The maximum absolute atomic E-state index is 13.2. The monoisotopic (exact) mass is 434 g/mol. The Morgan fingerprint density at radius 1 is 1.12 bits per heavy atom. The molecule has 0 radical (unpaired) electrons. The molecule has 0 bridgehead atoms. The molecule has 1 aromatic heterocycles. The summed E-state index contributed by atoms with van der Waals surface area (Å²) in [4.78, 5) is 30.3. The second-order valence-corrected chi connectivity index (χ2v) is 9.69. The van der Waals surface area contributed by atoms with E-state index in [1.807, 2.05) is 51.1 Å². The summed E-state index contributed by atoms with van der Waals surface area (Å²) in [5, 5.41) is 15.0. The molecule has 0 saturated heterocycles. The van der Waals surface area contributed by atoms with Gasteiger partial charge in [0, 0.05) is 32.1 Å². The van der Waals surface area contributed by atoms with Crippen LogP contribution in [-0.4, -0.2) is 33.1 Å². The van der Waals surface area contributed by atoms with Crippen LogP contribution in [0.5, 0.6) is 0 Å². The van der Waals surface area contributed by atoms with Crippen LogP contribution < -0.4 is 0 Å². The van der Waals surface area contributed by atoms with E-state index in [-0.39, 0.29) is 35.2 Å². The number of Topliss-reactive ketones (excluding diaryl/α,β-unsaturated/α-hetero) is 2. The summed E-state index contributed by atoms with van der Waals surface area (Å²) >= 11 is 0. The summed E-state index contributed by atoms with van der Waals surface area (Å²) in [7, 11) is 0. The van der Waals surface area contributed by atoms with Crippen molar-refractivity contribution in [3.05, 3.63) is 64.2 Å². The van der Waals surface area contributed by atoms with Gasteiger partial charge in [-0.25, -0.2) is 0 Å². The third kappa shape index (κ3) is 4.74. The van der Waals surface area contributed by atoms with Gasteiger partial charge in [0.05, 0.1) is 28.1 Å². The lowest BCUT2D eigenvalue weighted by Gasteiger charge is -2.28. The number of nitrogens with zero attached hydrogens (tertiary/aromatic N) is 2. The highest BCUT2D eigenvalue weighted by molar-refractivity contribution is 6.24. The highest BCUT2D eigenvalue weighted by Crippen LogP contribution is 2.35. The van der Waals surface area contributed by atoms with Crippen molar-refractivity contribution in [3.63, 3.8) is 0 Å². The number of carbonyl (C=O) groups excluding carboxylic acids is 2. The van der Waals surface area contributed by atoms with Crippen LogP contribution in [0.4, 0.5) is 0 Å². The lowest BCUT2D eigenvalue weighted by molar-refractivity contribution is -0.116. The Bertz CT molecular complexity index is 1090. The number of aliphatic hydroxyl groups excluding tert-OH is 1. The number of rotatable bonds is 4. The highest BCUT2D eigenvalue weighted by Gasteiger charge is 2.33. The Morgan fingerprint density at radius 2 is 1.88 bits per heavy atom. The number of hydrogen-bond donors (Lipinski definition) is 1. The molecule has 2 aliphatic rings. The molecule has 1 saturated carbocycles. The van der Waals surface area contributed by atoms with Crippen LogP contribution in [0.25, 0.3) is 0 Å².